The smallest absolute Gasteiger partial charge is 0.257 e. The Morgan fingerprint density at radius 2 is 2.18 bits per heavy atom. The standard InChI is InChI=1S/C10H18BrN3O2S/c1-4-9-12-6-10(13-9)17(15,16)14-8(3)7(2)5-11/h6-8,14H,4-5H2,1-3H3,(H,12,13). The number of rotatable bonds is 6. The summed E-state index contributed by atoms with van der Waals surface area (Å²) in [7, 11) is -3.49. The number of imidazole rings is 1. The van der Waals surface area contributed by atoms with Gasteiger partial charge in [-0.25, -0.2) is 18.1 Å². The largest absolute Gasteiger partial charge is 0.332 e. The number of hydrogen-bond acceptors (Lipinski definition) is 3. The molecule has 0 aromatic carbocycles. The summed E-state index contributed by atoms with van der Waals surface area (Å²) in [6.45, 7) is 5.74. The molecule has 0 aliphatic heterocycles. The van der Waals surface area contributed by atoms with Gasteiger partial charge in [-0.05, 0) is 12.8 Å². The van der Waals surface area contributed by atoms with Crippen LogP contribution in [0.4, 0.5) is 0 Å². The van der Waals surface area contributed by atoms with Crippen molar-refractivity contribution in [1.82, 2.24) is 14.7 Å². The monoisotopic (exact) mass is 323 g/mol. The van der Waals surface area contributed by atoms with Gasteiger partial charge in [-0.3, -0.25) is 0 Å². The van der Waals surface area contributed by atoms with Gasteiger partial charge < -0.3 is 4.98 Å². The number of aromatic amines is 1. The van der Waals surface area contributed by atoms with Crippen molar-refractivity contribution < 1.29 is 8.42 Å². The van der Waals surface area contributed by atoms with E-state index in [0.29, 0.717) is 12.2 Å². The van der Waals surface area contributed by atoms with Crippen molar-refractivity contribution in [2.24, 2.45) is 5.92 Å². The Bertz CT molecular complexity index is 458. The fourth-order valence-electron chi connectivity index (χ4n) is 1.22. The molecule has 0 aliphatic carbocycles. The van der Waals surface area contributed by atoms with Crippen molar-refractivity contribution in [3.8, 4) is 0 Å². The number of aromatic nitrogens is 2. The summed E-state index contributed by atoms with van der Waals surface area (Å²) in [5, 5.41) is 0.878. The van der Waals surface area contributed by atoms with E-state index in [-0.39, 0.29) is 17.0 Å². The van der Waals surface area contributed by atoms with E-state index in [9.17, 15) is 8.42 Å². The highest BCUT2D eigenvalue weighted by molar-refractivity contribution is 9.09. The van der Waals surface area contributed by atoms with E-state index in [0.717, 1.165) is 5.33 Å². The predicted molar refractivity (Wildman–Crippen MR) is 70.7 cm³/mol. The number of nitrogens with zero attached hydrogens (tertiary/aromatic N) is 1. The number of alkyl halides is 1. The third kappa shape index (κ3) is 3.79. The molecule has 1 rings (SSSR count). The van der Waals surface area contributed by atoms with E-state index in [1.54, 1.807) is 0 Å². The van der Waals surface area contributed by atoms with Gasteiger partial charge in [-0.1, -0.05) is 29.8 Å². The van der Waals surface area contributed by atoms with Gasteiger partial charge in [-0.15, -0.1) is 0 Å². The average Bonchev–Trinajstić information content (AvgIpc) is 2.76. The van der Waals surface area contributed by atoms with Crippen LogP contribution < -0.4 is 4.72 Å². The van der Waals surface area contributed by atoms with Crippen LogP contribution in [0, 0.1) is 5.92 Å². The summed E-state index contributed by atoms with van der Waals surface area (Å²) in [5.74, 6) is 0.893. The molecule has 0 amide bonds. The molecule has 17 heavy (non-hydrogen) atoms. The lowest BCUT2D eigenvalue weighted by atomic mass is 10.1. The minimum atomic E-state index is -3.49. The van der Waals surface area contributed by atoms with E-state index in [1.165, 1.54) is 6.20 Å². The van der Waals surface area contributed by atoms with Gasteiger partial charge in [0, 0.05) is 17.8 Å². The minimum Gasteiger partial charge on any atom is -0.332 e. The molecule has 7 heteroatoms. The highest BCUT2D eigenvalue weighted by Crippen LogP contribution is 2.11. The lowest BCUT2D eigenvalue weighted by Gasteiger charge is -2.18. The van der Waals surface area contributed by atoms with E-state index >= 15 is 0 Å². The lowest BCUT2D eigenvalue weighted by molar-refractivity contribution is 0.483. The second-order valence-electron chi connectivity index (χ2n) is 4.09. The number of sulfonamides is 1. The van der Waals surface area contributed by atoms with Gasteiger partial charge in [-0.2, -0.15) is 0 Å². The molecule has 0 saturated carbocycles. The van der Waals surface area contributed by atoms with Gasteiger partial charge in [0.1, 0.15) is 5.82 Å². The highest BCUT2D eigenvalue weighted by Gasteiger charge is 2.22. The molecular weight excluding hydrogens is 306 g/mol. The predicted octanol–water partition coefficient (Wildman–Crippen LogP) is 1.67. The number of H-pyrrole nitrogens is 1. The summed E-state index contributed by atoms with van der Waals surface area (Å²) >= 11 is 3.34. The van der Waals surface area contributed by atoms with Crippen LogP contribution in [-0.4, -0.2) is 29.8 Å². The van der Waals surface area contributed by atoms with Gasteiger partial charge in [0.2, 0.25) is 0 Å². The quantitative estimate of drug-likeness (QED) is 0.782. The molecule has 0 spiro atoms. The van der Waals surface area contributed by atoms with Gasteiger partial charge in [0.25, 0.3) is 10.0 Å². The molecule has 2 N–H and O–H groups in total. The van der Waals surface area contributed by atoms with Crippen LogP contribution in [0.25, 0.3) is 0 Å². The second kappa shape index (κ2) is 5.97. The van der Waals surface area contributed by atoms with Crippen LogP contribution in [-0.2, 0) is 16.4 Å². The molecular formula is C10H18BrN3O2S. The van der Waals surface area contributed by atoms with Crippen molar-refractivity contribution in [2.75, 3.05) is 5.33 Å². The minimum absolute atomic E-state index is 0.128. The van der Waals surface area contributed by atoms with Crippen molar-refractivity contribution in [2.45, 2.75) is 38.3 Å². The Kier molecular flexibility index (Phi) is 5.15. The number of aryl methyl sites for hydroxylation is 1. The average molecular weight is 324 g/mol. The summed E-state index contributed by atoms with van der Waals surface area (Å²) < 4.78 is 26.6. The first kappa shape index (κ1) is 14.7. The molecule has 1 aromatic rings. The van der Waals surface area contributed by atoms with Gasteiger partial charge in [0.15, 0.2) is 5.03 Å². The summed E-state index contributed by atoms with van der Waals surface area (Å²) in [6, 6.07) is -0.132. The molecule has 5 nitrogen and oxygen atoms in total. The first-order valence-corrected chi connectivity index (χ1v) is 8.13. The van der Waals surface area contributed by atoms with Gasteiger partial charge in [0.05, 0.1) is 6.20 Å². The molecule has 0 aliphatic rings. The van der Waals surface area contributed by atoms with E-state index in [1.807, 2.05) is 20.8 Å². The summed E-state index contributed by atoms with van der Waals surface area (Å²) in [5.41, 5.74) is 0. The molecule has 1 aromatic heterocycles. The molecule has 0 radical (unpaired) electrons. The fourth-order valence-corrected chi connectivity index (χ4v) is 3.07. The van der Waals surface area contributed by atoms with Crippen molar-refractivity contribution in [3.63, 3.8) is 0 Å². The number of nitrogens with one attached hydrogen (secondary N) is 2. The third-order valence-electron chi connectivity index (χ3n) is 2.67. The van der Waals surface area contributed by atoms with Crippen molar-refractivity contribution in [1.29, 1.82) is 0 Å². The molecule has 2 atom stereocenters. The van der Waals surface area contributed by atoms with Crippen molar-refractivity contribution in [3.05, 3.63) is 12.0 Å². The Morgan fingerprint density at radius 1 is 1.53 bits per heavy atom. The molecule has 98 valence electrons. The lowest BCUT2D eigenvalue weighted by Crippen LogP contribution is -2.37. The second-order valence-corrected chi connectivity index (χ2v) is 6.42. The van der Waals surface area contributed by atoms with Crippen molar-refractivity contribution >= 4 is 26.0 Å². The zero-order valence-corrected chi connectivity index (χ0v) is 12.6. The van der Waals surface area contributed by atoms with Crippen LogP contribution in [0.15, 0.2) is 11.2 Å². The summed E-state index contributed by atoms with van der Waals surface area (Å²) in [4.78, 5) is 6.78. The summed E-state index contributed by atoms with van der Waals surface area (Å²) in [6.07, 6.45) is 2.04. The maximum atomic E-state index is 12.0. The first-order valence-electron chi connectivity index (χ1n) is 5.52. The molecule has 1 heterocycles. The molecule has 0 saturated heterocycles. The van der Waals surface area contributed by atoms with Crippen LogP contribution in [0.5, 0.6) is 0 Å². The maximum Gasteiger partial charge on any atom is 0.257 e. The SMILES string of the molecule is CCc1ncc(S(=O)(=O)NC(C)C(C)CBr)[nH]1. The normalized spacial score (nSPS) is 15.8. The molecule has 2 unspecified atom stereocenters. The molecule has 0 bridgehead atoms. The Balaban J connectivity index is 2.81. The maximum absolute atomic E-state index is 12.0. The fraction of sp³-hybridized carbons (Fsp3) is 0.700. The number of hydrogen-bond donors (Lipinski definition) is 2. The Labute approximate surface area is 111 Å². The van der Waals surface area contributed by atoms with Crippen LogP contribution >= 0.6 is 15.9 Å². The Hall–Kier alpha value is -0.400. The van der Waals surface area contributed by atoms with Crippen LogP contribution in [0.3, 0.4) is 0 Å². The van der Waals surface area contributed by atoms with Crippen LogP contribution in [0.1, 0.15) is 26.6 Å². The van der Waals surface area contributed by atoms with Crippen LogP contribution in [0.2, 0.25) is 0 Å². The zero-order chi connectivity index (χ0) is 13.1. The zero-order valence-electron chi connectivity index (χ0n) is 10.2. The first-order chi connectivity index (χ1) is 7.90. The Morgan fingerprint density at radius 3 is 2.65 bits per heavy atom. The highest BCUT2D eigenvalue weighted by atomic mass is 79.9. The van der Waals surface area contributed by atoms with E-state index in [4.69, 9.17) is 0 Å². The topological polar surface area (TPSA) is 74.8 Å². The number of halogens is 1. The van der Waals surface area contributed by atoms with Gasteiger partial charge >= 0.3 is 0 Å². The van der Waals surface area contributed by atoms with E-state index in [2.05, 4.69) is 30.6 Å². The van der Waals surface area contributed by atoms with E-state index < -0.39 is 10.0 Å². The molecule has 0 fully saturated rings. The third-order valence-corrected chi connectivity index (χ3v) is 5.16.